The third-order valence-electron chi connectivity index (χ3n) is 5.67. The second-order valence-corrected chi connectivity index (χ2v) is 9.24. The van der Waals surface area contributed by atoms with E-state index in [0.29, 0.717) is 17.8 Å². The lowest BCUT2D eigenvalue weighted by Crippen LogP contribution is -2.11. The summed E-state index contributed by atoms with van der Waals surface area (Å²) >= 11 is 1.75. The molecule has 8 heteroatoms. The molecule has 0 bridgehead atoms. The van der Waals surface area contributed by atoms with Gasteiger partial charge in [-0.25, -0.2) is 9.50 Å². The number of aromatic nitrogens is 3. The molecule has 5 N–H and O–H groups in total. The number of benzene rings is 1. The molecular formula is C24H31N5O2S. The van der Waals surface area contributed by atoms with Gasteiger partial charge in [0.2, 0.25) is 0 Å². The summed E-state index contributed by atoms with van der Waals surface area (Å²) in [5.41, 5.74) is 7.84. The Balaban J connectivity index is 1.32. The Labute approximate surface area is 191 Å². The molecule has 3 aromatic heterocycles. The first-order valence-electron chi connectivity index (χ1n) is 11.3. The number of hydrogen-bond donors (Lipinski definition) is 4. The first-order valence-corrected chi connectivity index (χ1v) is 12.1. The van der Waals surface area contributed by atoms with Crippen LogP contribution in [0.3, 0.4) is 0 Å². The third-order valence-corrected chi connectivity index (χ3v) is 6.92. The summed E-state index contributed by atoms with van der Waals surface area (Å²) in [6.07, 6.45) is 6.05. The Morgan fingerprint density at radius 3 is 2.78 bits per heavy atom. The normalized spacial score (nSPS) is 13.6. The molecule has 0 fully saturated rings. The lowest BCUT2D eigenvalue weighted by molar-refractivity contribution is 0.156. The van der Waals surface area contributed by atoms with Crippen LogP contribution in [-0.2, 0) is 0 Å². The summed E-state index contributed by atoms with van der Waals surface area (Å²) in [5, 5.41) is 28.8. The molecule has 0 radical (unpaired) electrons. The average Bonchev–Trinajstić information content (AvgIpc) is 3.43. The summed E-state index contributed by atoms with van der Waals surface area (Å²) in [7, 11) is 0. The molecule has 2 atom stereocenters. The number of nitrogens with zero attached hydrogens (tertiary/aromatic N) is 3. The quantitative estimate of drug-likeness (QED) is 0.236. The molecular weight excluding hydrogens is 422 g/mol. The van der Waals surface area contributed by atoms with Crippen LogP contribution in [0.1, 0.15) is 61.2 Å². The van der Waals surface area contributed by atoms with Crippen LogP contribution in [0, 0.1) is 0 Å². The first kappa shape index (κ1) is 22.7. The zero-order chi connectivity index (χ0) is 22.3. The van der Waals surface area contributed by atoms with E-state index in [4.69, 9.17) is 10.8 Å². The van der Waals surface area contributed by atoms with Crippen LogP contribution >= 0.6 is 11.3 Å². The Bertz CT molecular complexity index is 1110. The number of nitrogens with two attached hydrogens (primary N) is 1. The van der Waals surface area contributed by atoms with Crippen molar-refractivity contribution in [1.82, 2.24) is 14.6 Å². The molecule has 1 aromatic carbocycles. The molecule has 0 aliphatic carbocycles. The fraction of sp³-hybridized carbons (Fsp3) is 0.417. The van der Waals surface area contributed by atoms with Crippen molar-refractivity contribution < 1.29 is 10.2 Å². The monoisotopic (exact) mass is 453 g/mol. The van der Waals surface area contributed by atoms with Gasteiger partial charge in [0, 0.05) is 28.8 Å². The summed E-state index contributed by atoms with van der Waals surface area (Å²) in [5.74, 6) is 0.750. The fourth-order valence-electron chi connectivity index (χ4n) is 3.85. The molecule has 0 aliphatic rings. The van der Waals surface area contributed by atoms with Gasteiger partial charge in [0.1, 0.15) is 5.82 Å². The SMILES string of the molecule is NC(CCCC(O)c1cnc2ccc(NCCCCCO)nn12)c1cc2ccccc2s1. The van der Waals surface area contributed by atoms with Crippen LogP contribution in [-0.4, -0.2) is 38.0 Å². The van der Waals surface area contributed by atoms with Gasteiger partial charge in [-0.2, -0.15) is 0 Å². The van der Waals surface area contributed by atoms with E-state index in [-0.39, 0.29) is 12.6 Å². The van der Waals surface area contributed by atoms with E-state index in [1.165, 1.54) is 15.0 Å². The smallest absolute Gasteiger partial charge is 0.154 e. The second kappa shape index (κ2) is 10.9. The van der Waals surface area contributed by atoms with Gasteiger partial charge in [-0.1, -0.05) is 18.2 Å². The molecule has 4 aromatic rings. The summed E-state index contributed by atoms with van der Waals surface area (Å²) in [6, 6.07) is 14.3. The number of thiophene rings is 1. The Hall–Kier alpha value is -2.52. The third kappa shape index (κ3) is 5.45. The van der Waals surface area contributed by atoms with Crippen molar-refractivity contribution in [1.29, 1.82) is 0 Å². The van der Waals surface area contributed by atoms with Gasteiger partial charge < -0.3 is 21.3 Å². The van der Waals surface area contributed by atoms with Crippen molar-refractivity contribution in [3.8, 4) is 0 Å². The first-order chi connectivity index (χ1) is 15.7. The molecule has 2 unspecified atom stereocenters. The van der Waals surface area contributed by atoms with Crippen LogP contribution in [0.25, 0.3) is 15.7 Å². The Kier molecular flexibility index (Phi) is 7.70. The van der Waals surface area contributed by atoms with Gasteiger partial charge in [0.15, 0.2) is 5.65 Å². The Morgan fingerprint density at radius 2 is 1.94 bits per heavy atom. The number of fused-ring (bicyclic) bond motifs is 2. The summed E-state index contributed by atoms with van der Waals surface area (Å²) < 4.78 is 2.97. The predicted molar refractivity (Wildman–Crippen MR) is 130 cm³/mol. The minimum absolute atomic E-state index is 0.0263. The van der Waals surface area contributed by atoms with Crippen LogP contribution in [0.15, 0.2) is 48.7 Å². The molecule has 0 aliphatic heterocycles. The maximum Gasteiger partial charge on any atom is 0.154 e. The van der Waals surface area contributed by atoms with E-state index in [2.05, 4.69) is 33.6 Å². The number of imidazole rings is 1. The van der Waals surface area contributed by atoms with Gasteiger partial charge >= 0.3 is 0 Å². The maximum absolute atomic E-state index is 10.8. The summed E-state index contributed by atoms with van der Waals surface area (Å²) in [4.78, 5) is 5.57. The van der Waals surface area contributed by atoms with E-state index in [1.54, 1.807) is 22.0 Å². The van der Waals surface area contributed by atoms with Gasteiger partial charge in [0.25, 0.3) is 0 Å². The number of rotatable bonds is 12. The molecule has 32 heavy (non-hydrogen) atoms. The van der Waals surface area contributed by atoms with Crippen molar-refractivity contribution in [3.63, 3.8) is 0 Å². The van der Waals surface area contributed by atoms with Crippen molar-refractivity contribution in [2.45, 2.75) is 50.7 Å². The zero-order valence-corrected chi connectivity index (χ0v) is 19.0. The average molecular weight is 454 g/mol. The molecule has 0 spiro atoms. The molecule has 0 saturated heterocycles. The molecule has 3 heterocycles. The lowest BCUT2D eigenvalue weighted by atomic mass is 10.0. The minimum atomic E-state index is -0.646. The largest absolute Gasteiger partial charge is 0.396 e. The molecule has 4 rings (SSSR count). The fourth-order valence-corrected chi connectivity index (χ4v) is 4.95. The van der Waals surface area contributed by atoms with Crippen LogP contribution in [0.2, 0.25) is 0 Å². The highest BCUT2D eigenvalue weighted by molar-refractivity contribution is 7.19. The zero-order valence-electron chi connectivity index (χ0n) is 18.2. The van der Waals surface area contributed by atoms with Crippen LogP contribution in [0.5, 0.6) is 0 Å². The highest BCUT2D eigenvalue weighted by atomic mass is 32.1. The Morgan fingerprint density at radius 1 is 1.06 bits per heavy atom. The van der Waals surface area contributed by atoms with Gasteiger partial charge in [-0.15, -0.1) is 16.4 Å². The van der Waals surface area contributed by atoms with E-state index >= 15 is 0 Å². The van der Waals surface area contributed by atoms with Gasteiger partial charge in [-0.05, 0) is 68.2 Å². The molecule has 0 amide bonds. The molecule has 0 saturated carbocycles. The molecule has 7 nitrogen and oxygen atoms in total. The highest BCUT2D eigenvalue weighted by Crippen LogP contribution is 2.31. The van der Waals surface area contributed by atoms with Crippen LogP contribution < -0.4 is 11.1 Å². The van der Waals surface area contributed by atoms with Crippen molar-refractivity contribution in [2.75, 3.05) is 18.5 Å². The lowest BCUT2D eigenvalue weighted by Gasteiger charge is -2.13. The predicted octanol–water partition coefficient (Wildman–Crippen LogP) is 4.42. The second-order valence-electron chi connectivity index (χ2n) is 8.12. The number of nitrogens with one attached hydrogen (secondary N) is 1. The van der Waals surface area contributed by atoms with Gasteiger partial charge in [0.05, 0.1) is 18.0 Å². The van der Waals surface area contributed by atoms with Crippen molar-refractivity contribution in [2.24, 2.45) is 5.73 Å². The van der Waals surface area contributed by atoms with Crippen molar-refractivity contribution >= 4 is 32.9 Å². The van der Waals surface area contributed by atoms with E-state index in [9.17, 15) is 5.11 Å². The van der Waals surface area contributed by atoms with Crippen LogP contribution in [0.4, 0.5) is 5.82 Å². The number of hydrogen-bond acceptors (Lipinski definition) is 7. The number of unbranched alkanes of at least 4 members (excludes halogenated alkanes) is 2. The number of anilines is 1. The maximum atomic E-state index is 10.8. The molecule has 170 valence electrons. The summed E-state index contributed by atoms with van der Waals surface area (Å²) in [6.45, 7) is 1.02. The standard InChI is InChI=1S/C24H31N5O2S/c25-18(22-15-17-7-2-3-10-21(17)32-22)8-6-9-20(31)19-16-27-24-12-11-23(28-29(19)24)26-13-4-1-5-14-30/h2-3,7,10-12,15-16,18,20,30-31H,1,4-6,8-9,13-14,25H2,(H,26,28). The topological polar surface area (TPSA) is 109 Å². The van der Waals surface area contributed by atoms with E-state index < -0.39 is 6.10 Å². The van der Waals surface area contributed by atoms with E-state index in [0.717, 1.165) is 44.5 Å². The van der Waals surface area contributed by atoms with E-state index in [1.807, 2.05) is 24.3 Å². The number of aliphatic hydroxyl groups is 2. The number of aliphatic hydroxyl groups excluding tert-OH is 2. The minimum Gasteiger partial charge on any atom is -0.396 e. The van der Waals surface area contributed by atoms with Crippen molar-refractivity contribution in [3.05, 3.63) is 59.2 Å². The van der Waals surface area contributed by atoms with Gasteiger partial charge in [-0.3, -0.25) is 0 Å². The highest BCUT2D eigenvalue weighted by Gasteiger charge is 2.16.